The van der Waals surface area contributed by atoms with Crippen molar-refractivity contribution in [3.05, 3.63) is 0 Å². The van der Waals surface area contributed by atoms with Gasteiger partial charge in [0, 0.05) is 25.7 Å². The van der Waals surface area contributed by atoms with E-state index in [2.05, 4.69) is 19.2 Å². The molecule has 3 heteroatoms. The van der Waals surface area contributed by atoms with Crippen LogP contribution in [-0.2, 0) is 4.74 Å². The van der Waals surface area contributed by atoms with Crippen molar-refractivity contribution in [1.82, 2.24) is 5.32 Å². The van der Waals surface area contributed by atoms with Gasteiger partial charge in [0.15, 0.2) is 0 Å². The zero-order chi connectivity index (χ0) is 11.1. The number of rotatable bonds is 7. The minimum Gasteiger partial charge on any atom is -0.378 e. The highest BCUT2D eigenvalue weighted by Gasteiger charge is 2.25. The van der Waals surface area contributed by atoms with Crippen molar-refractivity contribution in [1.29, 1.82) is 0 Å². The van der Waals surface area contributed by atoms with E-state index in [9.17, 15) is 0 Å². The SMILES string of the molecule is CCCC(N)CNCC1CCOC1CC. The van der Waals surface area contributed by atoms with Crippen LogP contribution in [0.1, 0.15) is 39.5 Å². The molecule has 1 fully saturated rings. The molecule has 0 saturated carbocycles. The van der Waals surface area contributed by atoms with Crippen molar-refractivity contribution in [2.24, 2.45) is 11.7 Å². The second-order valence-electron chi connectivity index (χ2n) is 4.57. The van der Waals surface area contributed by atoms with Crippen molar-refractivity contribution in [2.75, 3.05) is 19.7 Å². The summed E-state index contributed by atoms with van der Waals surface area (Å²) in [7, 11) is 0. The fourth-order valence-corrected chi connectivity index (χ4v) is 2.30. The van der Waals surface area contributed by atoms with Gasteiger partial charge in [-0.3, -0.25) is 0 Å². The van der Waals surface area contributed by atoms with Crippen LogP contribution in [0.25, 0.3) is 0 Å². The van der Waals surface area contributed by atoms with Crippen LogP contribution < -0.4 is 11.1 Å². The zero-order valence-electron chi connectivity index (χ0n) is 10.2. The second kappa shape index (κ2) is 7.20. The highest BCUT2D eigenvalue weighted by molar-refractivity contribution is 4.77. The quantitative estimate of drug-likeness (QED) is 0.675. The maximum atomic E-state index is 5.94. The van der Waals surface area contributed by atoms with E-state index < -0.39 is 0 Å². The van der Waals surface area contributed by atoms with Gasteiger partial charge in [-0.05, 0) is 25.2 Å². The van der Waals surface area contributed by atoms with Crippen molar-refractivity contribution >= 4 is 0 Å². The van der Waals surface area contributed by atoms with E-state index in [1.807, 2.05) is 0 Å². The Morgan fingerprint density at radius 1 is 1.47 bits per heavy atom. The van der Waals surface area contributed by atoms with Gasteiger partial charge in [0.1, 0.15) is 0 Å². The number of ether oxygens (including phenoxy) is 1. The third-order valence-electron chi connectivity index (χ3n) is 3.22. The van der Waals surface area contributed by atoms with Crippen LogP contribution in [0.2, 0.25) is 0 Å². The summed E-state index contributed by atoms with van der Waals surface area (Å²) in [5, 5.41) is 3.47. The summed E-state index contributed by atoms with van der Waals surface area (Å²) in [4.78, 5) is 0. The predicted molar refractivity (Wildman–Crippen MR) is 63.9 cm³/mol. The van der Waals surface area contributed by atoms with E-state index >= 15 is 0 Å². The Hall–Kier alpha value is -0.120. The number of hydrogen-bond donors (Lipinski definition) is 2. The van der Waals surface area contributed by atoms with Gasteiger partial charge in [0.25, 0.3) is 0 Å². The molecule has 1 rings (SSSR count). The van der Waals surface area contributed by atoms with Crippen molar-refractivity contribution in [2.45, 2.75) is 51.7 Å². The molecule has 3 atom stereocenters. The monoisotopic (exact) mass is 214 g/mol. The summed E-state index contributed by atoms with van der Waals surface area (Å²) in [5.41, 5.74) is 5.94. The fraction of sp³-hybridized carbons (Fsp3) is 1.00. The molecule has 0 aliphatic carbocycles. The van der Waals surface area contributed by atoms with E-state index in [1.54, 1.807) is 0 Å². The van der Waals surface area contributed by atoms with Gasteiger partial charge in [0.2, 0.25) is 0 Å². The van der Waals surface area contributed by atoms with Gasteiger partial charge in [-0.1, -0.05) is 20.3 Å². The van der Waals surface area contributed by atoms with Crippen LogP contribution in [0.4, 0.5) is 0 Å². The van der Waals surface area contributed by atoms with Crippen LogP contribution in [0.15, 0.2) is 0 Å². The second-order valence-corrected chi connectivity index (χ2v) is 4.57. The smallest absolute Gasteiger partial charge is 0.0613 e. The Balaban J connectivity index is 2.08. The number of hydrogen-bond acceptors (Lipinski definition) is 3. The Labute approximate surface area is 93.8 Å². The molecular weight excluding hydrogens is 188 g/mol. The van der Waals surface area contributed by atoms with Crippen molar-refractivity contribution < 1.29 is 4.74 Å². The lowest BCUT2D eigenvalue weighted by Crippen LogP contribution is -2.37. The third kappa shape index (κ3) is 4.49. The fourth-order valence-electron chi connectivity index (χ4n) is 2.30. The molecule has 90 valence electrons. The van der Waals surface area contributed by atoms with Gasteiger partial charge in [-0.15, -0.1) is 0 Å². The van der Waals surface area contributed by atoms with Crippen LogP contribution in [-0.4, -0.2) is 31.8 Å². The molecule has 0 spiro atoms. The van der Waals surface area contributed by atoms with Crippen LogP contribution in [0, 0.1) is 5.92 Å². The van der Waals surface area contributed by atoms with Crippen LogP contribution in [0.3, 0.4) is 0 Å². The normalized spacial score (nSPS) is 28.2. The summed E-state index contributed by atoms with van der Waals surface area (Å²) >= 11 is 0. The van der Waals surface area contributed by atoms with Gasteiger partial charge in [-0.25, -0.2) is 0 Å². The molecule has 1 heterocycles. The van der Waals surface area contributed by atoms with E-state index in [-0.39, 0.29) is 0 Å². The molecule has 1 saturated heterocycles. The first-order valence-corrected chi connectivity index (χ1v) is 6.35. The van der Waals surface area contributed by atoms with Crippen LogP contribution >= 0.6 is 0 Å². The van der Waals surface area contributed by atoms with Gasteiger partial charge in [0.05, 0.1) is 6.10 Å². The third-order valence-corrected chi connectivity index (χ3v) is 3.22. The predicted octanol–water partition coefficient (Wildman–Crippen LogP) is 1.52. The molecule has 1 aliphatic heterocycles. The largest absolute Gasteiger partial charge is 0.378 e. The summed E-state index contributed by atoms with van der Waals surface area (Å²) in [6.45, 7) is 7.33. The van der Waals surface area contributed by atoms with E-state index in [0.717, 1.165) is 32.5 Å². The average molecular weight is 214 g/mol. The minimum absolute atomic E-state index is 0.317. The summed E-state index contributed by atoms with van der Waals surface area (Å²) in [6.07, 6.45) is 5.10. The van der Waals surface area contributed by atoms with Crippen LogP contribution in [0.5, 0.6) is 0 Å². The molecule has 0 radical (unpaired) electrons. The topological polar surface area (TPSA) is 47.3 Å². The molecule has 0 bridgehead atoms. The van der Waals surface area contributed by atoms with Gasteiger partial charge >= 0.3 is 0 Å². The molecular formula is C12H26N2O. The molecule has 0 aromatic rings. The Morgan fingerprint density at radius 3 is 2.93 bits per heavy atom. The standard InChI is InChI=1S/C12H26N2O/c1-3-5-11(13)9-14-8-10-6-7-15-12(10)4-2/h10-12,14H,3-9,13H2,1-2H3. The maximum absolute atomic E-state index is 5.94. The lowest BCUT2D eigenvalue weighted by molar-refractivity contribution is 0.0872. The van der Waals surface area contributed by atoms with Crippen molar-refractivity contribution in [3.63, 3.8) is 0 Å². The maximum Gasteiger partial charge on any atom is 0.0613 e. The molecule has 15 heavy (non-hydrogen) atoms. The Kier molecular flexibility index (Phi) is 6.22. The molecule has 0 aromatic heterocycles. The molecule has 3 nitrogen and oxygen atoms in total. The Bertz CT molecular complexity index is 164. The summed E-state index contributed by atoms with van der Waals surface area (Å²) < 4.78 is 5.65. The number of nitrogens with one attached hydrogen (secondary N) is 1. The molecule has 0 aromatic carbocycles. The van der Waals surface area contributed by atoms with E-state index in [4.69, 9.17) is 10.5 Å². The van der Waals surface area contributed by atoms with Gasteiger partial charge in [-0.2, -0.15) is 0 Å². The van der Waals surface area contributed by atoms with Gasteiger partial charge < -0.3 is 15.8 Å². The summed E-state index contributed by atoms with van der Waals surface area (Å²) in [6, 6.07) is 0.317. The first kappa shape index (κ1) is 12.9. The molecule has 0 amide bonds. The lowest BCUT2D eigenvalue weighted by Gasteiger charge is -2.18. The average Bonchev–Trinajstić information content (AvgIpc) is 2.66. The zero-order valence-corrected chi connectivity index (χ0v) is 10.2. The first-order valence-electron chi connectivity index (χ1n) is 6.35. The molecule has 3 unspecified atom stereocenters. The highest BCUT2D eigenvalue weighted by Crippen LogP contribution is 2.22. The van der Waals surface area contributed by atoms with E-state index in [1.165, 1.54) is 12.8 Å². The number of nitrogens with two attached hydrogens (primary N) is 1. The minimum atomic E-state index is 0.317. The first-order chi connectivity index (χ1) is 7.27. The lowest BCUT2D eigenvalue weighted by atomic mass is 9.99. The van der Waals surface area contributed by atoms with E-state index in [0.29, 0.717) is 18.1 Å². The van der Waals surface area contributed by atoms with Crippen molar-refractivity contribution in [3.8, 4) is 0 Å². The Morgan fingerprint density at radius 2 is 2.27 bits per heavy atom. The molecule has 1 aliphatic rings. The highest BCUT2D eigenvalue weighted by atomic mass is 16.5. The summed E-state index contributed by atoms with van der Waals surface area (Å²) in [5.74, 6) is 0.698. The molecule has 3 N–H and O–H groups in total.